The number of nitrogens with one attached hydrogen (secondary N) is 1. The number of hydrogen-bond donors (Lipinski definition) is 1. The molecule has 3 aliphatic rings. The predicted molar refractivity (Wildman–Crippen MR) is 115 cm³/mol. The number of anilines is 2. The maximum Gasteiger partial charge on any atom is 0.225 e. The first-order valence-corrected chi connectivity index (χ1v) is 11.2. The first-order chi connectivity index (χ1) is 14.8. The molecule has 1 atom stereocenters. The lowest BCUT2D eigenvalue weighted by molar-refractivity contribution is 0.0845. The molecule has 0 aromatic carbocycles. The molecule has 0 radical (unpaired) electrons. The Bertz CT molecular complexity index is 949. The van der Waals surface area contributed by atoms with Crippen molar-refractivity contribution in [2.75, 3.05) is 36.5 Å². The van der Waals surface area contributed by atoms with E-state index in [9.17, 15) is 5.26 Å². The summed E-state index contributed by atoms with van der Waals surface area (Å²) in [4.78, 5) is 16.5. The smallest absolute Gasteiger partial charge is 0.225 e. The zero-order valence-corrected chi connectivity index (χ0v) is 17.3. The molecule has 7 nitrogen and oxygen atoms in total. The highest BCUT2D eigenvalue weighted by molar-refractivity contribution is 5.55. The van der Waals surface area contributed by atoms with Crippen molar-refractivity contribution in [2.45, 2.75) is 56.9 Å². The summed E-state index contributed by atoms with van der Waals surface area (Å²) in [5, 5.41) is 13.1. The molecule has 1 aliphatic carbocycles. The van der Waals surface area contributed by atoms with Gasteiger partial charge in [0.15, 0.2) is 0 Å². The molecule has 156 valence electrons. The van der Waals surface area contributed by atoms with Crippen LogP contribution in [0.3, 0.4) is 0 Å². The standard InChI is InChI=1S/C23H28N6O/c24-14-18-13-17-3-1-2-4-20(17)27-22(18)26-19-6-10-29(15-19)23-25-9-5-21(28-23)16-7-11-30-12-8-16/h5,9,13,16,19H,1-4,6-8,10-12,15H2,(H,26,27). The normalized spacial score (nSPS) is 21.8. The Hall–Kier alpha value is -2.72. The quantitative estimate of drug-likeness (QED) is 0.837. The second kappa shape index (κ2) is 8.57. The molecular weight excluding hydrogens is 376 g/mol. The van der Waals surface area contributed by atoms with Crippen LogP contribution < -0.4 is 10.2 Å². The number of ether oxygens (including phenoxy) is 1. The highest BCUT2D eigenvalue weighted by atomic mass is 16.5. The summed E-state index contributed by atoms with van der Waals surface area (Å²) in [6, 6.07) is 6.65. The lowest BCUT2D eigenvalue weighted by Crippen LogP contribution is -2.28. The van der Waals surface area contributed by atoms with Crippen LogP contribution in [-0.2, 0) is 17.6 Å². The summed E-state index contributed by atoms with van der Waals surface area (Å²) >= 11 is 0. The summed E-state index contributed by atoms with van der Waals surface area (Å²) < 4.78 is 5.48. The van der Waals surface area contributed by atoms with Crippen LogP contribution in [0.5, 0.6) is 0 Å². The van der Waals surface area contributed by atoms with Gasteiger partial charge in [0.25, 0.3) is 0 Å². The zero-order valence-electron chi connectivity index (χ0n) is 17.3. The largest absolute Gasteiger partial charge is 0.381 e. The molecule has 2 aromatic heterocycles. The van der Waals surface area contributed by atoms with Crippen LogP contribution in [0, 0.1) is 11.3 Å². The summed E-state index contributed by atoms with van der Waals surface area (Å²) in [5.74, 6) is 2.01. The highest BCUT2D eigenvalue weighted by Gasteiger charge is 2.27. The number of aromatic nitrogens is 3. The van der Waals surface area contributed by atoms with Gasteiger partial charge < -0.3 is 15.0 Å². The Kier molecular flexibility index (Phi) is 5.50. The van der Waals surface area contributed by atoms with Crippen LogP contribution in [0.15, 0.2) is 18.3 Å². The molecule has 1 unspecified atom stereocenters. The Balaban J connectivity index is 1.28. The molecule has 0 saturated carbocycles. The fourth-order valence-corrected chi connectivity index (χ4v) is 4.82. The third-order valence-corrected chi connectivity index (χ3v) is 6.54. The van der Waals surface area contributed by atoms with E-state index in [0.29, 0.717) is 11.5 Å². The first-order valence-electron chi connectivity index (χ1n) is 11.2. The van der Waals surface area contributed by atoms with Gasteiger partial charge in [0, 0.05) is 55.8 Å². The van der Waals surface area contributed by atoms with Gasteiger partial charge >= 0.3 is 0 Å². The summed E-state index contributed by atoms with van der Waals surface area (Å²) in [5.41, 5.74) is 4.19. The van der Waals surface area contributed by atoms with E-state index in [2.05, 4.69) is 21.3 Å². The minimum Gasteiger partial charge on any atom is -0.381 e. The van der Waals surface area contributed by atoms with E-state index in [0.717, 1.165) is 81.6 Å². The molecule has 5 rings (SSSR count). The SMILES string of the molecule is N#Cc1cc2c(nc1NC1CCN(c3nccc(C4CCOCC4)n3)C1)CCCC2. The highest BCUT2D eigenvalue weighted by Crippen LogP contribution is 2.28. The van der Waals surface area contributed by atoms with E-state index >= 15 is 0 Å². The Labute approximate surface area is 177 Å². The van der Waals surface area contributed by atoms with Gasteiger partial charge in [-0.15, -0.1) is 0 Å². The second-order valence-electron chi connectivity index (χ2n) is 8.55. The Morgan fingerprint density at radius 3 is 2.87 bits per heavy atom. The van der Waals surface area contributed by atoms with Crippen molar-refractivity contribution in [3.8, 4) is 6.07 Å². The van der Waals surface area contributed by atoms with Crippen molar-refractivity contribution in [1.82, 2.24) is 15.0 Å². The lowest BCUT2D eigenvalue weighted by atomic mass is 9.95. The van der Waals surface area contributed by atoms with Crippen molar-refractivity contribution < 1.29 is 4.74 Å². The topological polar surface area (TPSA) is 87.0 Å². The van der Waals surface area contributed by atoms with Gasteiger partial charge in [-0.25, -0.2) is 15.0 Å². The van der Waals surface area contributed by atoms with Gasteiger partial charge in [-0.1, -0.05) is 0 Å². The molecule has 30 heavy (non-hydrogen) atoms. The van der Waals surface area contributed by atoms with Gasteiger partial charge in [0.05, 0.1) is 5.56 Å². The number of aryl methyl sites for hydroxylation is 2. The molecular formula is C23H28N6O. The van der Waals surface area contributed by atoms with E-state index < -0.39 is 0 Å². The molecule has 7 heteroatoms. The summed E-state index contributed by atoms with van der Waals surface area (Å²) in [7, 11) is 0. The lowest BCUT2D eigenvalue weighted by Gasteiger charge is -2.23. The van der Waals surface area contributed by atoms with Crippen LogP contribution >= 0.6 is 0 Å². The maximum absolute atomic E-state index is 9.61. The van der Waals surface area contributed by atoms with Crippen molar-refractivity contribution in [3.63, 3.8) is 0 Å². The third kappa shape index (κ3) is 3.97. The van der Waals surface area contributed by atoms with Crippen LogP contribution in [0.4, 0.5) is 11.8 Å². The summed E-state index contributed by atoms with van der Waals surface area (Å²) in [6.07, 6.45) is 9.35. The van der Waals surface area contributed by atoms with Gasteiger partial charge in [-0.2, -0.15) is 5.26 Å². The third-order valence-electron chi connectivity index (χ3n) is 6.54. The number of pyridine rings is 1. The molecule has 2 saturated heterocycles. The monoisotopic (exact) mass is 404 g/mol. The number of rotatable bonds is 4. The fourth-order valence-electron chi connectivity index (χ4n) is 4.82. The Morgan fingerprint density at radius 2 is 2.00 bits per heavy atom. The average molecular weight is 405 g/mol. The van der Waals surface area contributed by atoms with Crippen molar-refractivity contribution >= 4 is 11.8 Å². The van der Waals surface area contributed by atoms with Gasteiger partial charge in [-0.05, 0) is 62.6 Å². The minimum atomic E-state index is 0.238. The minimum absolute atomic E-state index is 0.238. The molecule has 1 N–H and O–H groups in total. The van der Waals surface area contributed by atoms with Crippen molar-refractivity contribution in [2.24, 2.45) is 0 Å². The number of fused-ring (bicyclic) bond motifs is 1. The predicted octanol–water partition coefficient (Wildman–Crippen LogP) is 3.21. The Morgan fingerprint density at radius 1 is 1.13 bits per heavy atom. The molecule has 2 aliphatic heterocycles. The van der Waals surface area contributed by atoms with E-state index in [1.54, 1.807) is 0 Å². The fraction of sp³-hybridized carbons (Fsp3) is 0.565. The van der Waals surface area contributed by atoms with E-state index in [1.807, 2.05) is 18.3 Å². The van der Waals surface area contributed by atoms with Gasteiger partial charge in [0.1, 0.15) is 11.9 Å². The molecule has 4 heterocycles. The van der Waals surface area contributed by atoms with E-state index in [-0.39, 0.29) is 6.04 Å². The molecule has 2 aromatic rings. The first kappa shape index (κ1) is 19.3. The van der Waals surface area contributed by atoms with Crippen molar-refractivity contribution in [1.29, 1.82) is 5.26 Å². The number of nitrogens with zero attached hydrogens (tertiary/aromatic N) is 5. The summed E-state index contributed by atoms with van der Waals surface area (Å²) in [6.45, 7) is 3.35. The molecule has 0 bridgehead atoms. The number of hydrogen-bond acceptors (Lipinski definition) is 7. The van der Waals surface area contributed by atoms with Gasteiger partial charge in [0.2, 0.25) is 5.95 Å². The average Bonchev–Trinajstić information content (AvgIpc) is 3.28. The van der Waals surface area contributed by atoms with Crippen LogP contribution in [-0.4, -0.2) is 47.3 Å². The second-order valence-corrected chi connectivity index (χ2v) is 8.55. The zero-order chi connectivity index (χ0) is 20.3. The van der Waals surface area contributed by atoms with Crippen LogP contribution in [0.2, 0.25) is 0 Å². The van der Waals surface area contributed by atoms with Crippen molar-refractivity contribution in [3.05, 3.63) is 40.8 Å². The van der Waals surface area contributed by atoms with Crippen LogP contribution in [0.25, 0.3) is 0 Å². The molecule has 0 amide bonds. The maximum atomic E-state index is 9.61. The van der Waals surface area contributed by atoms with E-state index in [1.165, 1.54) is 18.4 Å². The van der Waals surface area contributed by atoms with Gasteiger partial charge in [-0.3, -0.25) is 0 Å². The molecule has 2 fully saturated rings. The molecule has 0 spiro atoms. The van der Waals surface area contributed by atoms with Crippen LogP contribution in [0.1, 0.15) is 60.5 Å². The number of nitriles is 1. The van der Waals surface area contributed by atoms with E-state index in [4.69, 9.17) is 14.7 Å².